The van der Waals surface area contributed by atoms with Gasteiger partial charge in [-0.2, -0.15) is 0 Å². The molecule has 2 atom stereocenters. The van der Waals surface area contributed by atoms with Gasteiger partial charge in [0.15, 0.2) is 11.5 Å². The summed E-state index contributed by atoms with van der Waals surface area (Å²) in [6, 6.07) is 11.5. The third-order valence-electron chi connectivity index (χ3n) is 6.70. The molecule has 2 aromatic carbocycles. The Kier molecular flexibility index (Phi) is 8.38. The molecule has 4 rings (SSSR count). The van der Waals surface area contributed by atoms with E-state index < -0.39 is 18.0 Å². The molecule has 2 unspecified atom stereocenters. The zero-order valence-corrected chi connectivity index (χ0v) is 22.4. The third-order valence-corrected chi connectivity index (χ3v) is 6.70. The number of rotatable bonds is 10. The first-order valence-corrected chi connectivity index (χ1v) is 12.6. The molecule has 0 bridgehead atoms. The maximum atomic E-state index is 13.7. The fraction of sp³-hybridized carbons (Fsp3) is 0.357. The van der Waals surface area contributed by atoms with Crippen LogP contribution < -0.4 is 20.1 Å². The number of methoxy groups -OCH3 is 2. The smallest absolute Gasteiger partial charge is 0.245 e. The highest BCUT2D eigenvalue weighted by atomic mass is 16.5. The number of carbonyl (C=O) groups excluding carboxylic acids is 4. The van der Waals surface area contributed by atoms with Gasteiger partial charge < -0.3 is 34.9 Å². The molecule has 1 aliphatic rings. The van der Waals surface area contributed by atoms with Crippen LogP contribution in [-0.2, 0) is 32.1 Å². The summed E-state index contributed by atoms with van der Waals surface area (Å²) in [5, 5.41) is 6.31. The van der Waals surface area contributed by atoms with Crippen molar-refractivity contribution in [2.24, 2.45) is 0 Å². The Hall–Kier alpha value is -4.54. The number of amides is 4. The first-order chi connectivity index (χ1) is 18.7. The Morgan fingerprint density at radius 1 is 1.13 bits per heavy atom. The van der Waals surface area contributed by atoms with Gasteiger partial charge in [0.25, 0.3) is 0 Å². The lowest BCUT2D eigenvalue weighted by Gasteiger charge is -2.31. The zero-order chi connectivity index (χ0) is 28.1. The molecule has 4 amide bonds. The summed E-state index contributed by atoms with van der Waals surface area (Å²) in [6.45, 7) is 1.29. The molecule has 2 heterocycles. The largest absolute Gasteiger partial charge is 0.493 e. The minimum Gasteiger partial charge on any atom is -0.493 e. The number of likely N-dealkylation sites (N-methyl/N-ethyl adjacent to an activating group) is 1. The van der Waals surface area contributed by atoms with E-state index in [4.69, 9.17) is 9.47 Å². The Morgan fingerprint density at radius 2 is 1.87 bits per heavy atom. The first kappa shape index (κ1) is 27.5. The normalized spacial score (nSPS) is 16.0. The van der Waals surface area contributed by atoms with Crippen LogP contribution in [0.4, 0.5) is 0 Å². The number of para-hydroxylation sites is 1. The van der Waals surface area contributed by atoms with E-state index in [1.165, 1.54) is 9.80 Å². The molecular weight excluding hydrogens is 502 g/mol. The number of H-pyrrole nitrogens is 1. The molecule has 1 saturated heterocycles. The summed E-state index contributed by atoms with van der Waals surface area (Å²) in [6.07, 6.45) is 2.06. The number of hydrogen-bond donors (Lipinski definition) is 3. The van der Waals surface area contributed by atoms with Crippen LogP contribution in [-0.4, -0.2) is 84.9 Å². The van der Waals surface area contributed by atoms with Gasteiger partial charge in [-0.3, -0.25) is 19.2 Å². The molecule has 1 aliphatic heterocycles. The first-order valence-electron chi connectivity index (χ1n) is 12.6. The minimum absolute atomic E-state index is 0.211. The molecule has 0 saturated carbocycles. The van der Waals surface area contributed by atoms with Crippen molar-refractivity contribution in [3.05, 3.63) is 59.8 Å². The van der Waals surface area contributed by atoms with Crippen LogP contribution in [0.1, 0.15) is 18.1 Å². The average molecular weight is 536 g/mol. The van der Waals surface area contributed by atoms with Gasteiger partial charge in [-0.15, -0.1) is 0 Å². The minimum atomic E-state index is -0.909. The monoisotopic (exact) mass is 535 g/mol. The highest BCUT2D eigenvalue weighted by Gasteiger charge is 2.32. The van der Waals surface area contributed by atoms with Gasteiger partial charge in [-0.05, 0) is 36.2 Å². The molecule has 1 fully saturated rings. The zero-order valence-electron chi connectivity index (χ0n) is 22.4. The van der Waals surface area contributed by atoms with Crippen molar-refractivity contribution in [2.45, 2.75) is 32.0 Å². The summed E-state index contributed by atoms with van der Waals surface area (Å²) in [5.41, 5.74) is 2.60. The van der Waals surface area contributed by atoms with Crippen molar-refractivity contribution in [3.8, 4) is 11.5 Å². The molecule has 3 N–H and O–H groups in total. The second-order valence-corrected chi connectivity index (χ2v) is 9.55. The number of hydrogen-bond acceptors (Lipinski definition) is 6. The molecule has 3 aromatic rings. The molecule has 0 spiro atoms. The van der Waals surface area contributed by atoms with Crippen LogP contribution in [0.5, 0.6) is 11.5 Å². The fourth-order valence-electron chi connectivity index (χ4n) is 4.74. The van der Waals surface area contributed by atoms with Crippen LogP contribution in [0.25, 0.3) is 10.9 Å². The second-order valence-electron chi connectivity index (χ2n) is 9.55. The maximum Gasteiger partial charge on any atom is 0.245 e. The predicted octanol–water partition coefficient (Wildman–Crippen LogP) is 1.22. The molecule has 39 heavy (non-hydrogen) atoms. The number of piperazine rings is 1. The van der Waals surface area contributed by atoms with Crippen molar-refractivity contribution < 1.29 is 28.7 Å². The predicted molar refractivity (Wildman–Crippen MR) is 144 cm³/mol. The SMILES string of the molecule is COc1ccc(CN(C)C(=O)C(Cc2c[nH]c3ccccc23)NC(=O)CN2CC(=O)NC(C)C2=O)cc1OC. The topological polar surface area (TPSA) is 133 Å². The highest BCUT2D eigenvalue weighted by molar-refractivity contribution is 5.97. The summed E-state index contributed by atoms with van der Waals surface area (Å²) in [7, 11) is 4.75. The number of benzene rings is 2. The van der Waals surface area contributed by atoms with Gasteiger partial charge in [0, 0.05) is 37.1 Å². The Labute approximate surface area is 226 Å². The van der Waals surface area contributed by atoms with Crippen LogP contribution >= 0.6 is 0 Å². The summed E-state index contributed by atoms with van der Waals surface area (Å²) >= 11 is 0. The van der Waals surface area contributed by atoms with E-state index in [1.807, 2.05) is 36.5 Å². The number of nitrogens with zero attached hydrogens (tertiary/aromatic N) is 2. The van der Waals surface area contributed by atoms with Crippen LogP contribution in [0, 0.1) is 0 Å². The molecule has 206 valence electrons. The quantitative estimate of drug-likeness (QED) is 0.358. The molecule has 1 aromatic heterocycles. The Balaban J connectivity index is 1.53. The summed E-state index contributed by atoms with van der Waals surface area (Å²) < 4.78 is 10.7. The van der Waals surface area contributed by atoms with E-state index in [1.54, 1.807) is 40.3 Å². The van der Waals surface area contributed by atoms with Gasteiger partial charge in [0.05, 0.1) is 14.2 Å². The lowest BCUT2D eigenvalue weighted by molar-refractivity contribution is -0.146. The maximum absolute atomic E-state index is 13.7. The standard InChI is InChI=1S/C28H33N5O6/c1-17-27(36)33(15-25(34)30-17)16-26(35)31-22(12-19-13-29-21-8-6-5-7-20(19)21)28(37)32(2)14-18-9-10-23(38-3)24(11-18)39-4/h5-11,13,17,22,29H,12,14-16H2,1-4H3,(H,30,34)(H,31,35). The van der Waals surface area contributed by atoms with Gasteiger partial charge in [-0.1, -0.05) is 24.3 Å². The molecule has 11 heteroatoms. The Morgan fingerprint density at radius 3 is 2.62 bits per heavy atom. The average Bonchev–Trinajstić information content (AvgIpc) is 3.33. The molecular formula is C28H33N5O6. The lowest BCUT2D eigenvalue weighted by Crippen LogP contribution is -2.59. The number of nitrogens with one attached hydrogen (secondary N) is 3. The lowest BCUT2D eigenvalue weighted by atomic mass is 10.0. The van der Waals surface area contributed by atoms with E-state index in [2.05, 4.69) is 15.6 Å². The number of aromatic nitrogens is 1. The van der Waals surface area contributed by atoms with Crippen LogP contribution in [0.15, 0.2) is 48.7 Å². The van der Waals surface area contributed by atoms with Crippen molar-refractivity contribution in [2.75, 3.05) is 34.4 Å². The van der Waals surface area contributed by atoms with Crippen molar-refractivity contribution in [1.29, 1.82) is 0 Å². The van der Waals surface area contributed by atoms with Crippen molar-refractivity contribution in [1.82, 2.24) is 25.4 Å². The number of aromatic amines is 1. The second kappa shape index (κ2) is 11.9. The van der Waals surface area contributed by atoms with Gasteiger partial charge >= 0.3 is 0 Å². The van der Waals surface area contributed by atoms with E-state index in [0.29, 0.717) is 11.5 Å². The third kappa shape index (κ3) is 6.31. The molecule has 0 aliphatic carbocycles. The summed E-state index contributed by atoms with van der Waals surface area (Å²) in [4.78, 5) is 57.1. The highest BCUT2D eigenvalue weighted by Crippen LogP contribution is 2.28. The summed E-state index contributed by atoms with van der Waals surface area (Å²) in [5.74, 6) is -0.396. The van der Waals surface area contributed by atoms with Gasteiger partial charge in [-0.25, -0.2) is 0 Å². The van der Waals surface area contributed by atoms with E-state index >= 15 is 0 Å². The number of ether oxygens (including phenoxy) is 2. The fourth-order valence-corrected chi connectivity index (χ4v) is 4.74. The molecule has 11 nitrogen and oxygen atoms in total. The van der Waals surface area contributed by atoms with Crippen molar-refractivity contribution in [3.63, 3.8) is 0 Å². The van der Waals surface area contributed by atoms with E-state index in [0.717, 1.165) is 22.0 Å². The van der Waals surface area contributed by atoms with Crippen molar-refractivity contribution >= 4 is 34.5 Å². The number of fused-ring (bicyclic) bond motifs is 1. The van der Waals surface area contributed by atoms with Gasteiger partial charge in [0.1, 0.15) is 25.2 Å². The number of carbonyl (C=O) groups is 4. The van der Waals surface area contributed by atoms with E-state index in [-0.39, 0.29) is 43.8 Å². The van der Waals surface area contributed by atoms with Crippen LogP contribution in [0.2, 0.25) is 0 Å². The van der Waals surface area contributed by atoms with Crippen LogP contribution in [0.3, 0.4) is 0 Å². The van der Waals surface area contributed by atoms with Gasteiger partial charge in [0.2, 0.25) is 23.6 Å². The van der Waals surface area contributed by atoms with E-state index in [9.17, 15) is 19.2 Å². The Bertz CT molecular complexity index is 1390. The molecule has 0 radical (unpaired) electrons.